The normalized spacial score (nSPS) is 12.6. The van der Waals surface area contributed by atoms with Crippen LogP contribution in [0.3, 0.4) is 0 Å². The highest BCUT2D eigenvalue weighted by Crippen LogP contribution is 2.21. The lowest BCUT2D eigenvalue weighted by atomic mass is 10.2. The number of nitrogens with one attached hydrogen (secondary N) is 1. The second-order valence-corrected chi connectivity index (χ2v) is 8.47. The lowest BCUT2D eigenvalue weighted by Gasteiger charge is -2.12. The first-order chi connectivity index (χ1) is 11.3. The number of nitrogens with two attached hydrogens (primary N) is 1. The quantitative estimate of drug-likeness (QED) is 0.799. The maximum absolute atomic E-state index is 12.2. The molecule has 1 atom stereocenters. The van der Waals surface area contributed by atoms with Crippen molar-refractivity contribution < 1.29 is 13.2 Å². The standard InChI is InChI=1S/C16H17ClN2O3S2/c1-11(23-10-12-2-4-13(17)5-3-12)16(20)19-14-6-8-15(9-7-14)24(18,21)22/h2-9,11H,10H2,1H3,(H,19,20)(H2,18,21,22). The molecule has 128 valence electrons. The maximum Gasteiger partial charge on any atom is 0.238 e. The molecule has 1 unspecified atom stereocenters. The van der Waals surface area contributed by atoms with Crippen LogP contribution >= 0.6 is 23.4 Å². The zero-order valence-electron chi connectivity index (χ0n) is 12.9. The van der Waals surface area contributed by atoms with Crippen molar-refractivity contribution in [2.75, 3.05) is 5.32 Å². The largest absolute Gasteiger partial charge is 0.325 e. The third-order valence-corrected chi connectivity index (χ3v) is 5.63. The predicted molar refractivity (Wildman–Crippen MR) is 98.7 cm³/mol. The Balaban J connectivity index is 1.90. The van der Waals surface area contributed by atoms with Gasteiger partial charge >= 0.3 is 0 Å². The molecule has 2 aromatic rings. The molecule has 0 saturated heterocycles. The molecule has 0 aliphatic heterocycles. The first-order valence-electron chi connectivity index (χ1n) is 7.05. The number of carbonyl (C=O) groups excluding carboxylic acids is 1. The van der Waals surface area contributed by atoms with Crippen molar-refractivity contribution in [2.24, 2.45) is 5.14 Å². The van der Waals surface area contributed by atoms with E-state index in [9.17, 15) is 13.2 Å². The Morgan fingerprint density at radius 1 is 1.17 bits per heavy atom. The topological polar surface area (TPSA) is 89.3 Å². The highest BCUT2D eigenvalue weighted by Gasteiger charge is 2.14. The summed E-state index contributed by atoms with van der Waals surface area (Å²) in [6.07, 6.45) is 0. The minimum atomic E-state index is -3.73. The molecular weight excluding hydrogens is 368 g/mol. The number of sulfonamides is 1. The second kappa shape index (κ2) is 8.02. The van der Waals surface area contributed by atoms with Gasteiger partial charge in [0.15, 0.2) is 0 Å². The summed E-state index contributed by atoms with van der Waals surface area (Å²) in [4.78, 5) is 12.2. The molecular formula is C16H17ClN2O3S2. The Hall–Kier alpha value is -1.54. The van der Waals surface area contributed by atoms with Crippen LogP contribution in [0, 0.1) is 0 Å². The van der Waals surface area contributed by atoms with Crippen LogP contribution in [0.4, 0.5) is 5.69 Å². The smallest absolute Gasteiger partial charge is 0.238 e. The van der Waals surface area contributed by atoms with E-state index in [2.05, 4.69) is 5.32 Å². The van der Waals surface area contributed by atoms with Crippen LogP contribution in [0.5, 0.6) is 0 Å². The highest BCUT2D eigenvalue weighted by molar-refractivity contribution is 7.99. The van der Waals surface area contributed by atoms with Gasteiger partial charge in [-0.1, -0.05) is 23.7 Å². The summed E-state index contributed by atoms with van der Waals surface area (Å²) in [5, 5.41) is 8.20. The Morgan fingerprint density at radius 2 is 1.75 bits per heavy atom. The van der Waals surface area contributed by atoms with Gasteiger partial charge in [-0.2, -0.15) is 0 Å². The van der Waals surface area contributed by atoms with Crippen LogP contribution < -0.4 is 10.5 Å². The van der Waals surface area contributed by atoms with E-state index in [1.165, 1.54) is 36.0 Å². The van der Waals surface area contributed by atoms with Gasteiger partial charge in [-0.25, -0.2) is 13.6 Å². The van der Waals surface area contributed by atoms with Crippen LogP contribution in [0.2, 0.25) is 5.02 Å². The molecule has 2 aromatic carbocycles. The number of amides is 1. The molecule has 0 aromatic heterocycles. The molecule has 0 spiro atoms. The number of primary sulfonamides is 1. The monoisotopic (exact) mass is 384 g/mol. The van der Waals surface area contributed by atoms with E-state index in [0.717, 1.165) is 5.56 Å². The summed E-state index contributed by atoms with van der Waals surface area (Å²) < 4.78 is 22.4. The minimum Gasteiger partial charge on any atom is -0.325 e. The second-order valence-electron chi connectivity index (χ2n) is 5.14. The van der Waals surface area contributed by atoms with Crippen molar-refractivity contribution in [1.29, 1.82) is 0 Å². The van der Waals surface area contributed by atoms with Crippen molar-refractivity contribution in [3.05, 3.63) is 59.1 Å². The average Bonchev–Trinajstić information content (AvgIpc) is 2.53. The zero-order valence-corrected chi connectivity index (χ0v) is 15.3. The van der Waals surface area contributed by atoms with E-state index in [1.807, 2.05) is 31.2 Å². The molecule has 24 heavy (non-hydrogen) atoms. The number of rotatable bonds is 6. The van der Waals surface area contributed by atoms with Crippen molar-refractivity contribution in [1.82, 2.24) is 0 Å². The molecule has 0 heterocycles. The molecule has 2 rings (SSSR count). The van der Waals surface area contributed by atoms with Crippen molar-refractivity contribution in [3.63, 3.8) is 0 Å². The molecule has 0 aliphatic carbocycles. The molecule has 0 fully saturated rings. The van der Waals surface area contributed by atoms with E-state index in [1.54, 1.807) is 0 Å². The molecule has 0 radical (unpaired) electrons. The predicted octanol–water partition coefficient (Wildman–Crippen LogP) is 3.25. The van der Waals surface area contributed by atoms with Gasteiger partial charge in [-0.15, -0.1) is 11.8 Å². The fourth-order valence-electron chi connectivity index (χ4n) is 1.85. The molecule has 3 N–H and O–H groups in total. The van der Waals surface area contributed by atoms with Gasteiger partial charge in [-0.3, -0.25) is 4.79 Å². The van der Waals surface area contributed by atoms with Gasteiger partial charge in [0.1, 0.15) is 0 Å². The third-order valence-electron chi connectivity index (χ3n) is 3.23. The van der Waals surface area contributed by atoms with Crippen LogP contribution in [0.25, 0.3) is 0 Å². The molecule has 5 nitrogen and oxygen atoms in total. The average molecular weight is 385 g/mol. The molecule has 0 aliphatic rings. The Labute approximate surface area is 150 Å². The van der Waals surface area contributed by atoms with E-state index in [0.29, 0.717) is 16.5 Å². The fourth-order valence-corrected chi connectivity index (χ4v) is 3.34. The van der Waals surface area contributed by atoms with E-state index in [-0.39, 0.29) is 16.1 Å². The number of halogens is 1. The van der Waals surface area contributed by atoms with Crippen LogP contribution in [-0.4, -0.2) is 19.6 Å². The highest BCUT2D eigenvalue weighted by atomic mass is 35.5. The van der Waals surface area contributed by atoms with Gasteiger partial charge in [0, 0.05) is 16.5 Å². The first kappa shape index (κ1) is 18.8. The summed E-state index contributed by atoms with van der Waals surface area (Å²) in [6, 6.07) is 13.2. The van der Waals surface area contributed by atoms with E-state index >= 15 is 0 Å². The van der Waals surface area contributed by atoms with Crippen LogP contribution in [0.1, 0.15) is 12.5 Å². The number of hydrogen-bond donors (Lipinski definition) is 2. The molecule has 1 amide bonds. The van der Waals surface area contributed by atoms with Crippen LogP contribution in [-0.2, 0) is 20.6 Å². The number of thioether (sulfide) groups is 1. The van der Waals surface area contributed by atoms with E-state index in [4.69, 9.17) is 16.7 Å². The van der Waals surface area contributed by atoms with E-state index < -0.39 is 10.0 Å². The van der Waals surface area contributed by atoms with Gasteiger partial charge in [0.05, 0.1) is 10.1 Å². The van der Waals surface area contributed by atoms with Crippen molar-refractivity contribution in [2.45, 2.75) is 22.8 Å². The minimum absolute atomic E-state index is 0.00524. The van der Waals surface area contributed by atoms with Gasteiger partial charge in [0.2, 0.25) is 15.9 Å². The third kappa shape index (κ3) is 5.52. The lowest BCUT2D eigenvalue weighted by molar-refractivity contribution is -0.115. The van der Waals surface area contributed by atoms with Crippen LogP contribution in [0.15, 0.2) is 53.4 Å². The number of benzene rings is 2. The van der Waals surface area contributed by atoms with Gasteiger partial charge < -0.3 is 5.32 Å². The number of hydrogen-bond acceptors (Lipinski definition) is 4. The molecule has 0 saturated carbocycles. The number of carbonyl (C=O) groups is 1. The Bertz CT molecular complexity index is 806. The van der Waals surface area contributed by atoms with Crippen molar-refractivity contribution in [3.8, 4) is 0 Å². The van der Waals surface area contributed by atoms with Gasteiger partial charge in [0.25, 0.3) is 0 Å². The van der Waals surface area contributed by atoms with Gasteiger partial charge in [-0.05, 0) is 48.9 Å². The summed E-state index contributed by atoms with van der Waals surface area (Å²) in [5.74, 6) is 0.535. The Morgan fingerprint density at radius 3 is 2.29 bits per heavy atom. The van der Waals surface area contributed by atoms with Crippen molar-refractivity contribution >= 4 is 45.0 Å². The SMILES string of the molecule is CC(SCc1ccc(Cl)cc1)C(=O)Nc1ccc(S(N)(=O)=O)cc1. The summed E-state index contributed by atoms with van der Waals surface area (Å²) >= 11 is 7.34. The summed E-state index contributed by atoms with van der Waals surface area (Å²) in [5.41, 5.74) is 1.60. The maximum atomic E-state index is 12.2. The zero-order chi connectivity index (χ0) is 17.7. The summed E-state index contributed by atoms with van der Waals surface area (Å²) in [6.45, 7) is 1.81. The fraction of sp³-hybridized carbons (Fsp3) is 0.188. The lowest BCUT2D eigenvalue weighted by Crippen LogP contribution is -2.22. The molecule has 8 heteroatoms. The first-order valence-corrected chi connectivity index (χ1v) is 10.0. The summed E-state index contributed by atoms with van der Waals surface area (Å²) in [7, 11) is -3.73. The Kier molecular flexibility index (Phi) is 6.28. The number of anilines is 1. The molecule has 0 bridgehead atoms.